The molecule has 0 spiro atoms. The number of benzene rings is 2. The first kappa shape index (κ1) is 9.19. The van der Waals surface area contributed by atoms with E-state index in [2.05, 4.69) is 0 Å². The third-order valence-electron chi connectivity index (χ3n) is 2.39. The number of aliphatic hydroxyl groups excluding tert-OH is 2. The number of rotatable bonds is 2. The van der Waals surface area contributed by atoms with E-state index in [-0.39, 0.29) is 13.2 Å². The molecule has 72 valence electrons. The predicted octanol–water partition coefficient (Wildman–Crippen LogP) is 1.82. The van der Waals surface area contributed by atoms with Crippen molar-refractivity contribution in [3.05, 3.63) is 47.5 Å². The van der Waals surface area contributed by atoms with Gasteiger partial charge in [-0.3, -0.25) is 0 Å². The lowest BCUT2D eigenvalue weighted by molar-refractivity contribution is 0.282. The third-order valence-corrected chi connectivity index (χ3v) is 2.39. The van der Waals surface area contributed by atoms with Gasteiger partial charge in [0.15, 0.2) is 0 Å². The molecule has 0 aliphatic carbocycles. The van der Waals surface area contributed by atoms with Gasteiger partial charge in [-0.05, 0) is 28.0 Å². The number of fused-ring (bicyclic) bond motifs is 1. The Bertz CT molecular complexity index is 449. The average molecular weight is 188 g/mol. The molecule has 2 rings (SSSR count). The monoisotopic (exact) mass is 188 g/mol. The maximum Gasteiger partial charge on any atom is 0.0687 e. The molecule has 2 heteroatoms. The number of hydrogen-bond acceptors (Lipinski definition) is 2. The summed E-state index contributed by atoms with van der Waals surface area (Å²) >= 11 is 0. The van der Waals surface area contributed by atoms with Crippen molar-refractivity contribution in [1.29, 1.82) is 0 Å². The highest BCUT2D eigenvalue weighted by atomic mass is 16.3. The summed E-state index contributed by atoms with van der Waals surface area (Å²) in [6.07, 6.45) is 0. The lowest BCUT2D eigenvalue weighted by atomic mass is 10.0. The summed E-state index contributed by atoms with van der Waals surface area (Å²) in [5.41, 5.74) is 1.82. The van der Waals surface area contributed by atoms with Crippen molar-refractivity contribution < 1.29 is 10.2 Å². The molecule has 0 aliphatic heterocycles. The first-order chi connectivity index (χ1) is 6.85. The quantitative estimate of drug-likeness (QED) is 0.754. The fraction of sp³-hybridized carbons (Fsp3) is 0.167. The van der Waals surface area contributed by atoms with E-state index in [9.17, 15) is 0 Å². The Labute approximate surface area is 82.4 Å². The van der Waals surface area contributed by atoms with Gasteiger partial charge in [0.1, 0.15) is 0 Å². The maximum absolute atomic E-state index is 9.11. The molecule has 0 heterocycles. The van der Waals surface area contributed by atoms with Crippen LogP contribution in [0.15, 0.2) is 36.4 Å². The molecule has 0 aromatic heterocycles. The van der Waals surface area contributed by atoms with E-state index in [1.54, 1.807) is 0 Å². The van der Waals surface area contributed by atoms with E-state index in [1.807, 2.05) is 36.4 Å². The van der Waals surface area contributed by atoms with Gasteiger partial charge in [0.2, 0.25) is 0 Å². The van der Waals surface area contributed by atoms with E-state index >= 15 is 0 Å². The van der Waals surface area contributed by atoms with Crippen LogP contribution in [-0.4, -0.2) is 10.2 Å². The molecule has 0 radical (unpaired) electrons. The molecule has 2 nitrogen and oxygen atoms in total. The second-order valence-corrected chi connectivity index (χ2v) is 3.29. The first-order valence-corrected chi connectivity index (χ1v) is 4.57. The van der Waals surface area contributed by atoms with Gasteiger partial charge in [-0.25, -0.2) is 0 Å². The minimum atomic E-state index is 0.0514. The summed E-state index contributed by atoms with van der Waals surface area (Å²) in [7, 11) is 0. The highest BCUT2D eigenvalue weighted by Gasteiger charge is 1.99. The van der Waals surface area contributed by atoms with Crippen molar-refractivity contribution in [2.75, 3.05) is 0 Å². The van der Waals surface area contributed by atoms with Crippen LogP contribution in [0.1, 0.15) is 11.1 Å². The summed E-state index contributed by atoms with van der Waals surface area (Å²) in [4.78, 5) is 0. The van der Waals surface area contributed by atoms with Gasteiger partial charge in [0.05, 0.1) is 13.2 Å². The Kier molecular flexibility index (Phi) is 2.48. The molecule has 0 saturated carbocycles. The molecule has 0 bridgehead atoms. The zero-order chi connectivity index (χ0) is 9.97. The van der Waals surface area contributed by atoms with E-state index in [0.29, 0.717) is 0 Å². The normalized spacial score (nSPS) is 10.7. The minimum Gasteiger partial charge on any atom is -0.392 e. The van der Waals surface area contributed by atoms with Gasteiger partial charge in [-0.2, -0.15) is 0 Å². The fourth-order valence-electron chi connectivity index (χ4n) is 1.64. The van der Waals surface area contributed by atoms with E-state index < -0.39 is 0 Å². The van der Waals surface area contributed by atoms with Crippen LogP contribution in [-0.2, 0) is 13.2 Å². The van der Waals surface area contributed by atoms with Gasteiger partial charge in [0, 0.05) is 0 Å². The Hall–Kier alpha value is -1.38. The van der Waals surface area contributed by atoms with Gasteiger partial charge in [-0.1, -0.05) is 30.3 Å². The van der Waals surface area contributed by atoms with Gasteiger partial charge >= 0.3 is 0 Å². The van der Waals surface area contributed by atoms with Crippen LogP contribution in [0.5, 0.6) is 0 Å². The molecule has 2 aromatic carbocycles. The first-order valence-electron chi connectivity index (χ1n) is 4.57. The van der Waals surface area contributed by atoms with Crippen molar-refractivity contribution in [2.24, 2.45) is 0 Å². The van der Waals surface area contributed by atoms with Crippen LogP contribution in [0.3, 0.4) is 0 Å². The van der Waals surface area contributed by atoms with Crippen LogP contribution in [0, 0.1) is 0 Å². The zero-order valence-corrected chi connectivity index (χ0v) is 7.77. The molecule has 2 N–H and O–H groups in total. The largest absolute Gasteiger partial charge is 0.392 e. The van der Waals surface area contributed by atoms with E-state index in [0.717, 1.165) is 21.9 Å². The molecule has 14 heavy (non-hydrogen) atoms. The fourth-order valence-corrected chi connectivity index (χ4v) is 1.64. The van der Waals surface area contributed by atoms with E-state index in [1.165, 1.54) is 0 Å². The lowest BCUT2D eigenvalue weighted by Gasteiger charge is -2.04. The standard InChI is InChI=1S/C12H12O2/c13-7-9-4-5-12-10(6-9)2-1-3-11(12)8-14/h1-6,13-14H,7-8H2. The molecule has 0 atom stereocenters. The van der Waals surface area contributed by atoms with Crippen LogP contribution >= 0.6 is 0 Å². The van der Waals surface area contributed by atoms with Gasteiger partial charge in [0.25, 0.3) is 0 Å². The summed E-state index contributed by atoms with van der Waals surface area (Å²) in [5.74, 6) is 0. The summed E-state index contributed by atoms with van der Waals surface area (Å²) in [5, 5.41) is 20.2. The second-order valence-electron chi connectivity index (χ2n) is 3.29. The van der Waals surface area contributed by atoms with Crippen molar-refractivity contribution in [2.45, 2.75) is 13.2 Å². The highest BCUT2D eigenvalue weighted by Crippen LogP contribution is 2.20. The third kappa shape index (κ3) is 1.50. The SMILES string of the molecule is OCc1ccc2c(CO)cccc2c1. The Balaban J connectivity index is 2.67. The summed E-state index contributed by atoms with van der Waals surface area (Å²) in [6.45, 7) is 0.106. The van der Waals surface area contributed by atoms with Gasteiger partial charge < -0.3 is 10.2 Å². The molecule has 0 saturated heterocycles. The van der Waals surface area contributed by atoms with Crippen molar-refractivity contribution in [1.82, 2.24) is 0 Å². The molecule has 0 fully saturated rings. The summed E-state index contributed by atoms with van der Waals surface area (Å²) < 4.78 is 0. The molecular weight excluding hydrogens is 176 g/mol. The number of aliphatic hydroxyl groups is 2. The van der Waals surface area contributed by atoms with Crippen LogP contribution in [0.2, 0.25) is 0 Å². The predicted molar refractivity (Wildman–Crippen MR) is 55.8 cm³/mol. The van der Waals surface area contributed by atoms with Gasteiger partial charge in [-0.15, -0.1) is 0 Å². The van der Waals surface area contributed by atoms with Crippen LogP contribution in [0.25, 0.3) is 10.8 Å². The molecule has 2 aromatic rings. The minimum absolute atomic E-state index is 0.0514. The topological polar surface area (TPSA) is 40.5 Å². The highest BCUT2D eigenvalue weighted by molar-refractivity contribution is 5.86. The van der Waals surface area contributed by atoms with Crippen molar-refractivity contribution in [3.63, 3.8) is 0 Å². The second kappa shape index (κ2) is 3.78. The Morgan fingerprint density at radius 2 is 1.79 bits per heavy atom. The molecule has 0 aliphatic rings. The van der Waals surface area contributed by atoms with Crippen LogP contribution < -0.4 is 0 Å². The lowest BCUT2D eigenvalue weighted by Crippen LogP contribution is -1.87. The van der Waals surface area contributed by atoms with Crippen molar-refractivity contribution in [3.8, 4) is 0 Å². The number of hydrogen-bond donors (Lipinski definition) is 2. The Morgan fingerprint density at radius 3 is 2.50 bits per heavy atom. The Morgan fingerprint density at radius 1 is 0.929 bits per heavy atom. The van der Waals surface area contributed by atoms with Crippen molar-refractivity contribution >= 4 is 10.8 Å². The average Bonchev–Trinajstić information content (AvgIpc) is 2.27. The van der Waals surface area contributed by atoms with E-state index in [4.69, 9.17) is 10.2 Å². The smallest absolute Gasteiger partial charge is 0.0687 e. The molecular formula is C12H12O2. The molecule has 0 unspecified atom stereocenters. The van der Waals surface area contributed by atoms with Crippen LogP contribution in [0.4, 0.5) is 0 Å². The summed E-state index contributed by atoms with van der Waals surface area (Å²) in [6, 6.07) is 11.5. The maximum atomic E-state index is 9.11. The molecule has 0 amide bonds. The zero-order valence-electron chi connectivity index (χ0n) is 7.77.